The average Bonchev–Trinajstić information content (AvgIpc) is 2.45. The summed E-state index contributed by atoms with van der Waals surface area (Å²) >= 11 is 0. The molecule has 0 N–H and O–H groups in total. The van der Waals surface area contributed by atoms with Crippen molar-refractivity contribution in [1.82, 2.24) is 4.90 Å². The summed E-state index contributed by atoms with van der Waals surface area (Å²) in [4.78, 5) is 14.0. The van der Waals surface area contributed by atoms with Crippen LogP contribution in [0.5, 0.6) is 0 Å². The van der Waals surface area contributed by atoms with Crippen LogP contribution in [0.15, 0.2) is 30.3 Å². The summed E-state index contributed by atoms with van der Waals surface area (Å²) in [6.07, 6.45) is 4.24. The highest BCUT2D eigenvalue weighted by Gasteiger charge is 2.28. The van der Waals surface area contributed by atoms with Gasteiger partial charge in [-0.3, -0.25) is 9.69 Å². The van der Waals surface area contributed by atoms with Gasteiger partial charge in [0.1, 0.15) is 6.04 Å². The molecule has 98 valence electrons. The Morgan fingerprint density at radius 3 is 2.83 bits per heavy atom. The van der Waals surface area contributed by atoms with Crippen LogP contribution in [0.1, 0.15) is 24.8 Å². The summed E-state index contributed by atoms with van der Waals surface area (Å²) in [5.74, 6) is -0.0808. The van der Waals surface area contributed by atoms with E-state index in [1.165, 1.54) is 19.1 Å². The molecule has 1 saturated heterocycles. The van der Waals surface area contributed by atoms with Gasteiger partial charge in [0.25, 0.3) is 0 Å². The van der Waals surface area contributed by atoms with Gasteiger partial charge in [0.05, 0.1) is 7.11 Å². The molecule has 1 atom stereocenters. The molecular formula is C15H21NO2. The maximum Gasteiger partial charge on any atom is 0.323 e. The quantitative estimate of drug-likeness (QED) is 0.764. The first-order valence-electron chi connectivity index (χ1n) is 6.67. The van der Waals surface area contributed by atoms with Crippen molar-refractivity contribution < 1.29 is 9.53 Å². The summed E-state index contributed by atoms with van der Waals surface area (Å²) in [7, 11) is 1.48. The lowest BCUT2D eigenvalue weighted by atomic mass is 10.0. The Morgan fingerprint density at radius 1 is 1.33 bits per heavy atom. The lowest BCUT2D eigenvalue weighted by molar-refractivity contribution is -0.148. The number of likely N-dealkylation sites (tertiary alicyclic amines) is 1. The van der Waals surface area contributed by atoms with Crippen molar-refractivity contribution in [2.75, 3.05) is 20.2 Å². The van der Waals surface area contributed by atoms with Crippen LogP contribution >= 0.6 is 0 Å². The molecule has 0 bridgehead atoms. The average molecular weight is 247 g/mol. The highest BCUT2D eigenvalue weighted by Crippen LogP contribution is 2.18. The van der Waals surface area contributed by atoms with Crippen LogP contribution in [0, 0.1) is 0 Å². The molecular weight excluding hydrogens is 226 g/mol. The minimum absolute atomic E-state index is 0.0348. The molecule has 0 radical (unpaired) electrons. The van der Waals surface area contributed by atoms with Crippen molar-refractivity contribution in [3.63, 3.8) is 0 Å². The van der Waals surface area contributed by atoms with E-state index in [0.29, 0.717) is 0 Å². The predicted molar refractivity (Wildman–Crippen MR) is 71.4 cm³/mol. The third-order valence-electron chi connectivity index (χ3n) is 3.62. The number of benzene rings is 1. The lowest BCUT2D eigenvalue weighted by Crippen LogP contribution is -2.46. The van der Waals surface area contributed by atoms with Gasteiger partial charge < -0.3 is 4.74 Å². The van der Waals surface area contributed by atoms with Crippen LogP contribution in [0.2, 0.25) is 0 Å². The van der Waals surface area contributed by atoms with Crippen LogP contribution < -0.4 is 0 Å². The molecule has 0 aromatic heterocycles. The maximum atomic E-state index is 11.7. The second-order valence-corrected chi connectivity index (χ2v) is 4.81. The van der Waals surface area contributed by atoms with Gasteiger partial charge in [-0.15, -0.1) is 0 Å². The fraction of sp³-hybridized carbons (Fsp3) is 0.533. The van der Waals surface area contributed by atoms with Crippen molar-refractivity contribution in [2.45, 2.75) is 31.7 Å². The minimum atomic E-state index is -0.0808. The van der Waals surface area contributed by atoms with Crippen LogP contribution in [-0.4, -0.2) is 37.1 Å². The van der Waals surface area contributed by atoms with Crippen molar-refractivity contribution in [2.24, 2.45) is 0 Å². The van der Waals surface area contributed by atoms with E-state index in [0.717, 1.165) is 32.4 Å². The number of methoxy groups -OCH3 is 1. The number of hydrogen-bond donors (Lipinski definition) is 0. The van der Waals surface area contributed by atoms with E-state index in [2.05, 4.69) is 29.2 Å². The minimum Gasteiger partial charge on any atom is -0.468 e. The SMILES string of the molecule is COC(=O)C1CCCCN1CCc1ccccc1. The number of carbonyl (C=O) groups excluding carboxylic acids is 1. The normalized spacial score (nSPS) is 20.6. The van der Waals surface area contributed by atoms with Crippen molar-refractivity contribution in [3.05, 3.63) is 35.9 Å². The monoisotopic (exact) mass is 247 g/mol. The van der Waals surface area contributed by atoms with Crippen LogP contribution in [0.4, 0.5) is 0 Å². The van der Waals surface area contributed by atoms with E-state index >= 15 is 0 Å². The molecule has 18 heavy (non-hydrogen) atoms. The zero-order valence-electron chi connectivity index (χ0n) is 11.0. The van der Waals surface area contributed by atoms with Crippen molar-refractivity contribution >= 4 is 5.97 Å². The Labute approximate surface area is 109 Å². The van der Waals surface area contributed by atoms with E-state index in [1.807, 2.05) is 6.07 Å². The zero-order chi connectivity index (χ0) is 12.8. The van der Waals surface area contributed by atoms with E-state index in [4.69, 9.17) is 4.74 Å². The third-order valence-corrected chi connectivity index (χ3v) is 3.62. The Kier molecular flexibility index (Phi) is 4.76. The van der Waals surface area contributed by atoms with Gasteiger partial charge >= 0.3 is 5.97 Å². The van der Waals surface area contributed by atoms with E-state index in [1.54, 1.807) is 0 Å². The second-order valence-electron chi connectivity index (χ2n) is 4.81. The zero-order valence-corrected chi connectivity index (χ0v) is 11.0. The molecule has 1 fully saturated rings. The topological polar surface area (TPSA) is 29.5 Å². The first-order chi connectivity index (χ1) is 8.81. The molecule has 0 saturated carbocycles. The fourth-order valence-corrected chi connectivity index (χ4v) is 2.58. The lowest BCUT2D eigenvalue weighted by Gasteiger charge is -2.33. The number of rotatable bonds is 4. The number of piperidine rings is 1. The highest BCUT2D eigenvalue weighted by molar-refractivity contribution is 5.75. The molecule has 2 rings (SSSR count). The molecule has 3 nitrogen and oxygen atoms in total. The highest BCUT2D eigenvalue weighted by atomic mass is 16.5. The summed E-state index contributed by atoms with van der Waals surface area (Å²) in [5.41, 5.74) is 1.33. The fourth-order valence-electron chi connectivity index (χ4n) is 2.58. The molecule has 0 amide bonds. The number of esters is 1. The first kappa shape index (κ1) is 13.1. The number of carbonyl (C=O) groups is 1. The van der Waals surface area contributed by atoms with Gasteiger partial charge in [-0.1, -0.05) is 36.8 Å². The van der Waals surface area contributed by atoms with Gasteiger partial charge in [0, 0.05) is 6.54 Å². The number of ether oxygens (including phenoxy) is 1. The second kappa shape index (κ2) is 6.55. The third kappa shape index (κ3) is 3.33. The molecule has 1 aliphatic rings. The Bertz CT molecular complexity index is 377. The van der Waals surface area contributed by atoms with Crippen LogP contribution in [0.25, 0.3) is 0 Å². The van der Waals surface area contributed by atoms with Crippen molar-refractivity contribution in [3.8, 4) is 0 Å². The standard InChI is InChI=1S/C15H21NO2/c1-18-15(17)14-9-5-6-11-16(14)12-10-13-7-3-2-4-8-13/h2-4,7-8,14H,5-6,9-12H2,1H3. The van der Waals surface area contributed by atoms with Gasteiger partial charge in [0.2, 0.25) is 0 Å². The Hall–Kier alpha value is -1.35. The predicted octanol–water partition coefficient (Wildman–Crippen LogP) is 2.26. The van der Waals surface area contributed by atoms with Crippen LogP contribution in [-0.2, 0) is 16.0 Å². The summed E-state index contributed by atoms with van der Waals surface area (Å²) in [6.45, 7) is 1.94. The molecule has 1 aromatic carbocycles. The number of nitrogens with zero attached hydrogens (tertiary/aromatic N) is 1. The van der Waals surface area contributed by atoms with Gasteiger partial charge in [0.15, 0.2) is 0 Å². The molecule has 0 aliphatic carbocycles. The first-order valence-corrected chi connectivity index (χ1v) is 6.67. The van der Waals surface area contributed by atoms with Crippen LogP contribution in [0.3, 0.4) is 0 Å². The van der Waals surface area contributed by atoms with E-state index < -0.39 is 0 Å². The summed E-state index contributed by atoms with van der Waals surface area (Å²) in [6, 6.07) is 10.4. The van der Waals surface area contributed by atoms with Gasteiger partial charge in [-0.25, -0.2) is 0 Å². The van der Waals surface area contributed by atoms with E-state index in [-0.39, 0.29) is 12.0 Å². The molecule has 0 spiro atoms. The number of hydrogen-bond acceptors (Lipinski definition) is 3. The molecule has 1 aliphatic heterocycles. The molecule has 1 unspecified atom stereocenters. The van der Waals surface area contributed by atoms with Crippen molar-refractivity contribution in [1.29, 1.82) is 0 Å². The van der Waals surface area contributed by atoms with Gasteiger partial charge in [-0.05, 0) is 31.4 Å². The Morgan fingerprint density at radius 2 is 2.11 bits per heavy atom. The largest absolute Gasteiger partial charge is 0.468 e. The molecule has 3 heteroatoms. The van der Waals surface area contributed by atoms with E-state index in [9.17, 15) is 4.79 Å². The maximum absolute atomic E-state index is 11.7. The molecule has 1 heterocycles. The smallest absolute Gasteiger partial charge is 0.323 e. The summed E-state index contributed by atoms with van der Waals surface area (Å²) in [5, 5.41) is 0. The van der Waals surface area contributed by atoms with Gasteiger partial charge in [-0.2, -0.15) is 0 Å². The summed E-state index contributed by atoms with van der Waals surface area (Å²) < 4.78 is 4.89. The molecule has 1 aromatic rings. The Balaban J connectivity index is 1.91.